The molecule has 0 saturated carbocycles. The van der Waals surface area contributed by atoms with Gasteiger partial charge < -0.3 is 10.2 Å². The van der Waals surface area contributed by atoms with Crippen molar-refractivity contribution < 1.29 is 10.2 Å². The summed E-state index contributed by atoms with van der Waals surface area (Å²) in [5, 5.41) is 18.8. The van der Waals surface area contributed by atoms with Crippen molar-refractivity contribution in [1.29, 1.82) is 0 Å². The van der Waals surface area contributed by atoms with Crippen molar-refractivity contribution in [3.63, 3.8) is 0 Å². The molecule has 0 spiro atoms. The predicted molar refractivity (Wildman–Crippen MR) is 53.0 cm³/mol. The van der Waals surface area contributed by atoms with Crippen LogP contribution in [0.15, 0.2) is 12.1 Å². The van der Waals surface area contributed by atoms with Crippen LogP contribution >= 0.6 is 0 Å². The fourth-order valence-corrected chi connectivity index (χ4v) is 1.42. The van der Waals surface area contributed by atoms with Crippen LogP contribution in [0.3, 0.4) is 0 Å². The highest BCUT2D eigenvalue weighted by molar-refractivity contribution is 5.44. The molecule has 72 valence electrons. The third kappa shape index (κ3) is 2.22. The van der Waals surface area contributed by atoms with Crippen LogP contribution in [0, 0.1) is 13.8 Å². The Morgan fingerprint density at radius 1 is 1.31 bits per heavy atom. The van der Waals surface area contributed by atoms with Gasteiger partial charge in [-0.3, -0.25) is 0 Å². The normalized spacial score (nSPS) is 12.9. The van der Waals surface area contributed by atoms with Crippen LogP contribution < -0.4 is 0 Å². The van der Waals surface area contributed by atoms with Gasteiger partial charge in [0.2, 0.25) is 0 Å². The molecule has 2 nitrogen and oxygen atoms in total. The van der Waals surface area contributed by atoms with Crippen molar-refractivity contribution in [2.45, 2.75) is 33.3 Å². The summed E-state index contributed by atoms with van der Waals surface area (Å²) in [7, 11) is 0. The highest BCUT2D eigenvalue weighted by Crippen LogP contribution is 2.25. The van der Waals surface area contributed by atoms with Gasteiger partial charge in [-0.05, 0) is 43.9 Å². The minimum absolute atomic E-state index is 0.346. The van der Waals surface area contributed by atoms with Crippen LogP contribution in [-0.4, -0.2) is 16.3 Å². The zero-order valence-electron chi connectivity index (χ0n) is 8.33. The molecule has 0 amide bonds. The van der Waals surface area contributed by atoms with E-state index in [0.29, 0.717) is 12.2 Å². The maximum atomic E-state index is 9.62. The average Bonchev–Trinajstić information content (AvgIpc) is 2.06. The number of hydrogen-bond acceptors (Lipinski definition) is 2. The Labute approximate surface area is 78.8 Å². The monoisotopic (exact) mass is 180 g/mol. The van der Waals surface area contributed by atoms with Gasteiger partial charge >= 0.3 is 0 Å². The SMILES string of the molecule is Cc1ccc(CC(C)O)c(C)c1O. The molecule has 13 heavy (non-hydrogen) atoms. The van der Waals surface area contributed by atoms with Gasteiger partial charge in [0, 0.05) is 0 Å². The first-order valence-corrected chi connectivity index (χ1v) is 4.48. The van der Waals surface area contributed by atoms with Crippen molar-refractivity contribution in [3.05, 3.63) is 28.8 Å². The van der Waals surface area contributed by atoms with Gasteiger partial charge in [-0.2, -0.15) is 0 Å². The smallest absolute Gasteiger partial charge is 0.121 e. The molecule has 0 aliphatic heterocycles. The summed E-state index contributed by atoms with van der Waals surface area (Å²) in [5.41, 5.74) is 2.77. The van der Waals surface area contributed by atoms with Crippen molar-refractivity contribution in [2.75, 3.05) is 0 Å². The van der Waals surface area contributed by atoms with Crippen molar-refractivity contribution in [2.24, 2.45) is 0 Å². The van der Waals surface area contributed by atoms with E-state index >= 15 is 0 Å². The minimum atomic E-state index is -0.360. The predicted octanol–water partition coefficient (Wildman–Crippen LogP) is 1.93. The fraction of sp³-hybridized carbons (Fsp3) is 0.455. The topological polar surface area (TPSA) is 40.5 Å². The van der Waals surface area contributed by atoms with Crippen molar-refractivity contribution >= 4 is 0 Å². The minimum Gasteiger partial charge on any atom is -0.507 e. The zero-order valence-corrected chi connectivity index (χ0v) is 8.33. The van der Waals surface area contributed by atoms with Crippen LogP contribution in [0.4, 0.5) is 0 Å². The summed E-state index contributed by atoms with van der Waals surface area (Å²) in [6, 6.07) is 3.83. The number of phenols is 1. The molecule has 0 bridgehead atoms. The fourth-order valence-electron chi connectivity index (χ4n) is 1.42. The average molecular weight is 180 g/mol. The van der Waals surface area contributed by atoms with E-state index in [0.717, 1.165) is 16.7 Å². The molecule has 0 aliphatic rings. The summed E-state index contributed by atoms with van der Waals surface area (Å²) in [6.07, 6.45) is 0.237. The quantitative estimate of drug-likeness (QED) is 0.730. The Hall–Kier alpha value is -1.02. The number of aromatic hydroxyl groups is 1. The van der Waals surface area contributed by atoms with E-state index < -0.39 is 0 Å². The van der Waals surface area contributed by atoms with Gasteiger partial charge in [0.25, 0.3) is 0 Å². The number of hydrogen-bond donors (Lipinski definition) is 2. The molecular formula is C11H16O2. The number of aliphatic hydroxyl groups excluding tert-OH is 1. The molecule has 2 N–H and O–H groups in total. The first kappa shape index (κ1) is 10.1. The lowest BCUT2D eigenvalue weighted by Crippen LogP contribution is -2.05. The number of phenolic OH excluding ortho intramolecular Hbond substituents is 1. The van der Waals surface area contributed by atoms with Crippen LogP contribution in [0.25, 0.3) is 0 Å². The maximum Gasteiger partial charge on any atom is 0.121 e. The highest BCUT2D eigenvalue weighted by Gasteiger charge is 2.07. The molecule has 1 aromatic rings. The lowest BCUT2D eigenvalue weighted by atomic mass is 10.00. The van der Waals surface area contributed by atoms with E-state index in [4.69, 9.17) is 0 Å². The third-order valence-corrected chi connectivity index (χ3v) is 2.26. The van der Waals surface area contributed by atoms with Gasteiger partial charge in [-0.15, -0.1) is 0 Å². The summed E-state index contributed by atoms with van der Waals surface area (Å²) < 4.78 is 0. The maximum absolute atomic E-state index is 9.62. The summed E-state index contributed by atoms with van der Waals surface area (Å²) in [5.74, 6) is 0.346. The number of aliphatic hydroxyl groups is 1. The van der Waals surface area contributed by atoms with Crippen LogP contribution in [0.2, 0.25) is 0 Å². The Balaban J connectivity index is 3.04. The second-order valence-corrected chi connectivity index (χ2v) is 3.57. The second kappa shape index (κ2) is 3.79. The van der Waals surface area contributed by atoms with E-state index in [1.807, 2.05) is 26.0 Å². The van der Waals surface area contributed by atoms with E-state index in [2.05, 4.69) is 0 Å². The van der Waals surface area contributed by atoms with Crippen LogP contribution in [0.5, 0.6) is 5.75 Å². The number of benzene rings is 1. The molecule has 0 aliphatic carbocycles. The Kier molecular flexibility index (Phi) is 2.94. The largest absolute Gasteiger partial charge is 0.507 e. The summed E-state index contributed by atoms with van der Waals surface area (Å²) in [6.45, 7) is 5.49. The lowest BCUT2D eigenvalue weighted by molar-refractivity contribution is 0.195. The van der Waals surface area contributed by atoms with Crippen molar-refractivity contribution in [3.8, 4) is 5.75 Å². The van der Waals surface area contributed by atoms with Crippen LogP contribution in [0.1, 0.15) is 23.6 Å². The van der Waals surface area contributed by atoms with E-state index in [9.17, 15) is 10.2 Å². The zero-order chi connectivity index (χ0) is 10.0. The Morgan fingerprint density at radius 3 is 2.46 bits per heavy atom. The second-order valence-electron chi connectivity index (χ2n) is 3.57. The first-order valence-electron chi connectivity index (χ1n) is 4.48. The van der Waals surface area contributed by atoms with E-state index in [1.54, 1.807) is 6.92 Å². The Bertz CT molecular complexity index is 303. The summed E-state index contributed by atoms with van der Waals surface area (Å²) in [4.78, 5) is 0. The van der Waals surface area contributed by atoms with Gasteiger partial charge in [0.15, 0.2) is 0 Å². The molecule has 1 unspecified atom stereocenters. The molecule has 0 heterocycles. The number of rotatable bonds is 2. The molecule has 1 rings (SSSR count). The third-order valence-electron chi connectivity index (χ3n) is 2.26. The van der Waals surface area contributed by atoms with Gasteiger partial charge in [-0.1, -0.05) is 12.1 Å². The van der Waals surface area contributed by atoms with Gasteiger partial charge in [0.05, 0.1) is 6.10 Å². The summed E-state index contributed by atoms with van der Waals surface area (Å²) >= 11 is 0. The standard InChI is InChI=1S/C11H16O2/c1-7-4-5-10(6-8(2)12)9(3)11(7)13/h4-5,8,12-13H,6H2,1-3H3. The van der Waals surface area contributed by atoms with Gasteiger partial charge in [0.1, 0.15) is 5.75 Å². The molecule has 0 aromatic heterocycles. The van der Waals surface area contributed by atoms with Crippen LogP contribution in [-0.2, 0) is 6.42 Å². The molecule has 0 radical (unpaired) electrons. The Morgan fingerprint density at radius 2 is 1.92 bits per heavy atom. The van der Waals surface area contributed by atoms with E-state index in [1.165, 1.54) is 0 Å². The molecule has 2 heteroatoms. The molecule has 0 saturated heterocycles. The van der Waals surface area contributed by atoms with E-state index in [-0.39, 0.29) is 6.10 Å². The molecule has 0 fully saturated rings. The number of aryl methyl sites for hydroxylation is 1. The highest BCUT2D eigenvalue weighted by atomic mass is 16.3. The lowest BCUT2D eigenvalue weighted by Gasteiger charge is -2.10. The van der Waals surface area contributed by atoms with Gasteiger partial charge in [-0.25, -0.2) is 0 Å². The molecule has 1 aromatic carbocycles. The molecular weight excluding hydrogens is 164 g/mol. The molecule has 1 atom stereocenters. The first-order chi connectivity index (χ1) is 6.02. The van der Waals surface area contributed by atoms with Crippen molar-refractivity contribution in [1.82, 2.24) is 0 Å².